The molecule has 24 heavy (non-hydrogen) atoms. The van der Waals surface area contributed by atoms with Gasteiger partial charge >= 0.3 is 5.97 Å². The van der Waals surface area contributed by atoms with Gasteiger partial charge in [-0.25, -0.2) is 4.79 Å². The third kappa shape index (κ3) is 2.85. The van der Waals surface area contributed by atoms with E-state index in [1.54, 1.807) is 24.3 Å². The molecule has 0 saturated heterocycles. The number of nitrogens with two attached hydrogens (primary N) is 1. The lowest BCUT2D eigenvalue weighted by Crippen LogP contribution is -2.35. The van der Waals surface area contributed by atoms with E-state index < -0.39 is 11.9 Å². The van der Waals surface area contributed by atoms with Crippen LogP contribution in [0.25, 0.3) is 0 Å². The molecular weight excluding hydrogens is 304 g/mol. The second kappa shape index (κ2) is 5.67. The molecule has 2 aromatic carbocycles. The van der Waals surface area contributed by atoms with Gasteiger partial charge in [0.05, 0.1) is 11.6 Å². The quantitative estimate of drug-likeness (QED) is 0.808. The first-order valence-electron chi connectivity index (χ1n) is 7.80. The fourth-order valence-electron chi connectivity index (χ4n) is 3.36. The van der Waals surface area contributed by atoms with Gasteiger partial charge in [-0.05, 0) is 53.3 Å². The third-order valence-electron chi connectivity index (χ3n) is 4.58. The van der Waals surface area contributed by atoms with Gasteiger partial charge in [-0.1, -0.05) is 26.0 Å². The highest BCUT2D eigenvalue weighted by atomic mass is 16.4. The smallest absolute Gasteiger partial charge is 0.335 e. The zero-order chi connectivity index (χ0) is 17.5. The van der Waals surface area contributed by atoms with Crippen LogP contribution >= 0.6 is 0 Å². The summed E-state index contributed by atoms with van der Waals surface area (Å²) in [5, 5.41) is 12.7. The summed E-state index contributed by atoms with van der Waals surface area (Å²) in [7, 11) is 0. The Morgan fingerprint density at radius 3 is 2.58 bits per heavy atom. The molecule has 5 nitrogen and oxygen atoms in total. The van der Waals surface area contributed by atoms with Crippen LogP contribution in [0.15, 0.2) is 42.5 Å². The van der Waals surface area contributed by atoms with Crippen LogP contribution in [0.1, 0.15) is 51.7 Å². The van der Waals surface area contributed by atoms with E-state index in [1.165, 1.54) is 0 Å². The van der Waals surface area contributed by atoms with Crippen molar-refractivity contribution in [1.29, 1.82) is 0 Å². The average Bonchev–Trinajstić information content (AvgIpc) is 2.52. The zero-order valence-corrected chi connectivity index (χ0v) is 13.7. The first-order valence-corrected chi connectivity index (χ1v) is 7.80. The Kier molecular flexibility index (Phi) is 3.79. The fourth-order valence-corrected chi connectivity index (χ4v) is 3.36. The van der Waals surface area contributed by atoms with E-state index in [0.29, 0.717) is 11.1 Å². The lowest BCUT2D eigenvalue weighted by atomic mass is 9.72. The molecule has 1 amide bonds. The molecule has 0 aliphatic carbocycles. The highest BCUT2D eigenvalue weighted by Gasteiger charge is 2.36. The van der Waals surface area contributed by atoms with E-state index >= 15 is 0 Å². The standard InChI is InChI=1S/C19H20N2O3/c1-19(2)10-14-9-13(18(23)24)6-7-15(14)21-16(19)11-4-3-5-12(8-11)17(20)22/h3-9,16,21H,10H2,1-2H3,(H2,20,22)(H,23,24). The highest BCUT2D eigenvalue weighted by Crippen LogP contribution is 2.45. The van der Waals surface area contributed by atoms with Gasteiger partial charge in [-0.2, -0.15) is 0 Å². The molecule has 0 aromatic heterocycles. The molecule has 1 atom stereocenters. The number of fused-ring (bicyclic) bond motifs is 1. The summed E-state index contributed by atoms with van der Waals surface area (Å²) >= 11 is 0. The Morgan fingerprint density at radius 2 is 1.92 bits per heavy atom. The summed E-state index contributed by atoms with van der Waals surface area (Å²) in [6, 6.07) is 12.5. The van der Waals surface area contributed by atoms with Crippen LogP contribution in [-0.2, 0) is 6.42 Å². The molecule has 0 bridgehead atoms. The molecule has 5 heteroatoms. The molecule has 2 aromatic rings. The molecule has 124 valence electrons. The number of primary amides is 1. The maximum atomic E-state index is 11.4. The highest BCUT2D eigenvalue weighted by molar-refractivity contribution is 5.93. The summed E-state index contributed by atoms with van der Waals surface area (Å²) < 4.78 is 0. The van der Waals surface area contributed by atoms with E-state index in [2.05, 4.69) is 19.2 Å². The number of carbonyl (C=O) groups is 2. The summed E-state index contributed by atoms with van der Waals surface area (Å²) in [5.41, 5.74) is 8.91. The van der Waals surface area contributed by atoms with Crippen LogP contribution in [0.2, 0.25) is 0 Å². The fraction of sp³-hybridized carbons (Fsp3) is 0.263. The third-order valence-corrected chi connectivity index (χ3v) is 4.58. The molecule has 0 spiro atoms. The summed E-state index contributed by atoms with van der Waals surface area (Å²) in [6.45, 7) is 4.25. The van der Waals surface area contributed by atoms with Crippen LogP contribution in [0.3, 0.4) is 0 Å². The van der Waals surface area contributed by atoms with E-state index in [0.717, 1.165) is 23.2 Å². The van der Waals surface area contributed by atoms with Crippen LogP contribution in [0.4, 0.5) is 5.69 Å². The lowest BCUT2D eigenvalue weighted by molar-refractivity contribution is 0.0696. The monoisotopic (exact) mass is 324 g/mol. The number of hydrogen-bond acceptors (Lipinski definition) is 3. The molecular formula is C19H20N2O3. The number of amides is 1. The van der Waals surface area contributed by atoms with Gasteiger partial charge in [0.2, 0.25) is 5.91 Å². The number of hydrogen-bond donors (Lipinski definition) is 3. The minimum atomic E-state index is -0.924. The predicted octanol–water partition coefficient (Wildman–Crippen LogP) is 3.22. The van der Waals surface area contributed by atoms with E-state index in [4.69, 9.17) is 10.8 Å². The van der Waals surface area contributed by atoms with E-state index in [-0.39, 0.29) is 11.5 Å². The lowest BCUT2D eigenvalue weighted by Gasteiger charge is -2.41. The van der Waals surface area contributed by atoms with Crippen molar-refractivity contribution in [3.8, 4) is 0 Å². The van der Waals surface area contributed by atoms with Gasteiger partial charge in [0.25, 0.3) is 0 Å². The summed E-state index contributed by atoms with van der Waals surface area (Å²) in [6.07, 6.45) is 0.738. The number of carboxylic acid groups (broad SMARTS) is 1. The molecule has 4 N–H and O–H groups in total. The van der Waals surface area contributed by atoms with Gasteiger partial charge in [-0.3, -0.25) is 4.79 Å². The normalized spacial score (nSPS) is 18.3. The zero-order valence-electron chi connectivity index (χ0n) is 13.7. The molecule has 1 aliphatic heterocycles. The van der Waals surface area contributed by atoms with Crippen molar-refractivity contribution >= 4 is 17.6 Å². The predicted molar refractivity (Wildman–Crippen MR) is 92.2 cm³/mol. The molecule has 0 saturated carbocycles. The molecule has 0 fully saturated rings. The number of benzene rings is 2. The van der Waals surface area contributed by atoms with Crippen LogP contribution < -0.4 is 11.1 Å². The van der Waals surface area contributed by atoms with Gasteiger partial charge in [0, 0.05) is 11.3 Å². The molecule has 1 unspecified atom stereocenters. The van der Waals surface area contributed by atoms with Gasteiger partial charge in [0.1, 0.15) is 0 Å². The number of nitrogens with one attached hydrogen (secondary N) is 1. The minimum Gasteiger partial charge on any atom is -0.478 e. The van der Waals surface area contributed by atoms with Crippen molar-refractivity contribution in [3.05, 3.63) is 64.7 Å². The number of carbonyl (C=O) groups excluding carboxylic acids is 1. The second-order valence-electron chi connectivity index (χ2n) is 6.91. The van der Waals surface area contributed by atoms with Crippen molar-refractivity contribution in [2.75, 3.05) is 5.32 Å². The number of aromatic carboxylic acids is 1. The maximum Gasteiger partial charge on any atom is 0.335 e. The molecule has 3 rings (SSSR count). The molecule has 0 radical (unpaired) electrons. The Morgan fingerprint density at radius 1 is 1.17 bits per heavy atom. The second-order valence-corrected chi connectivity index (χ2v) is 6.91. The van der Waals surface area contributed by atoms with Crippen LogP contribution in [0, 0.1) is 5.41 Å². The van der Waals surface area contributed by atoms with Crippen molar-refractivity contribution < 1.29 is 14.7 Å². The number of carboxylic acids is 1. The van der Waals surface area contributed by atoms with Crippen molar-refractivity contribution in [1.82, 2.24) is 0 Å². The minimum absolute atomic E-state index is 0.0000203. The Hall–Kier alpha value is -2.82. The van der Waals surface area contributed by atoms with E-state index in [1.807, 2.05) is 18.2 Å². The van der Waals surface area contributed by atoms with Crippen molar-refractivity contribution in [2.24, 2.45) is 11.1 Å². The van der Waals surface area contributed by atoms with Gasteiger partial charge < -0.3 is 16.2 Å². The van der Waals surface area contributed by atoms with Crippen molar-refractivity contribution in [2.45, 2.75) is 26.3 Å². The Bertz CT molecular complexity index is 827. The summed E-state index contributed by atoms with van der Waals surface area (Å²) in [5.74, 6) is -1.37. The number of rotatable bonds is 3. The average molecular weight is 324 g/mol. The van der Waals surface area contributed by atoms with Gasteiger partial charge in [0.15, 0.2) is 0 Å². The first kappa shape index (κ1) is 16.1. The Labute approximate surface area is 140 Å². The summed E-state index contributed by atoms with van der Waals surface area (Å²) in [4.78, 5) is 22.6. The van der Waals surface area contributed by atoms with E-state index in [9.17, 15) is 9.59 Å². The van der Waals surface area contributed by atoms with Crippen LogP contribution in [-0.4, -0.2) is 17.0 Å². The first-order chi connectivity index (χ1) is 11.3. The van der Waals surface area contributed by atoms with Gasteiger partial charge in [-0.15, -0.1) is 0 Å². The molecule has 1 aliphatic rings. The van der Waals surface area contributed by atoms with Crippen LogP contribution in [0.5, 0.6) is 0 Å². The molecule has 1 heterocycles. The Balaban J connectivity index is 2.01. The largest absolute Gasteiger partial charge is 0.478 e. The van der Waals surface area contributed by atoms with Crippen molar-refractivity contribution in [3.63, 3.8) is 0 Å². The maximum absolute atomic E-state index is 11.4. The number of anilines is 1. The topological polar surface area (TPSA) is 92.4 Å². The SMILES string of the molecule is CC1(C)Cc2cc(C(=O)O)ccc2NC1c1cccc(C(N)=O)c1.